The maximum Gasteiger partial charge on any atom is 0.217 e. The highest BCUT2D eigenvalue weighted by molar-refractivity contribution is 5.73. The quantitative estimate of drug-likeness (QED) is 0.679. The fourth-order valence-electron chi connectivity index (χ4n) is 2.72. The van der Waals surface area contributed by atoms with Gasteiger partial charge in [-0.25, -0.2) is 0 Å². The second kappa shape index (κ2) is 6.93. The van der Waals surface area contributed by atoms with Crippen LogP contribution >= 0.6 is 0 Å². The molecule has 0 aromatic carbocycles. The number of amides is 1. The molecular weight excluding hydrogens is 198 g/mol. The summed E-state index contributed by atoms with van der Waals surface area (Å²) in [7, 11) is 0. The van der Waals surface area contributed by atoms with Gasteiger partial charge in [0, 0.05) is 13.0 Å². The molecule has 0 aliphatic heterocycles. The van der Waals surface area contributed by atoms with Gasteiger partial charge in [0.05, 0.1) is 0 Å². The van der Waals surface area contributed by atoms with Crippen LogP contribution in [-0.2, 0) is 4.79 Å². The van der Waals surface area contributed by atoms with Crippen molar-refractivity contribution in [3.05, 3.63) is 0 Å². The normalized spacial score (nSPS) is 28.4. The molecule has 0 aromatic heterocycles. The minimum atomic E-state index is 0.113. The maximum absolute atomic E-state index is 11.0. The molecule has 0 spiro atoms. The molecule has 16 heavy (non-hydrogen) atoms. The van der Waals surface area contributed by atoms with E-state index in [1.54, 1.807) is 6.92 Å². The van der Waals surface area contributed by atoms with Gasteiger partial charge in [-0.3, -0.25) is 4.79 Å². The average Bonchev–Trinajstić information content (AvgIpc) is 2.27. The standard InChI is InChI=1S/C12H23NO.C2H6/c1-9-7-11(13-10(2)14)5-6-12(3,4)8-9;1-2/h9,11H,5-8H2,1-4H3,(H,13,14);1-2H3. The van der Waals surface area contributed by atoms with Gasteiger partial charge in [0.2, 0.25) is 5.91 Å². The number of carbonyl (C=O) groups is 1. The van der Waals surface area contributed by atoms with E-state index in [2.05, 4.69) is 26.1 Å². The van der Waals surface area contributed by atoms with Gasteiger partial charge >= 0.3 is 0 Å². The van der Waals surface area contributed by atoms with Crippen molar-refractivity contribution in [2.75, 3.05) is 0 Å². The number of carbonyl (C=O) groups excluding carboxylic acids is 1. The molecule has 2 atom stereocenters. The Morgan fingerprint density at radius 2 is 1.88 bits per heavy atom. The first-order valence-electron chi connectivity index (χ1n) is 6.66. The Morgan fingerprint density at radius 3 is 2.38 bits per heavy atom. The van der Waals surface area contributed by atoms with Crippen molar-refractivity contribution in [3.63, 3.8) is 0 Å². The summed E-state index contributed by atoms with van der Waals surface area (Å²) in [5.41, 5.74) is 0.451. The lowest BCUT2D eigenvalue weighted by Crippen LogP contribution is -2.33. The summed E-state index contributed by atoms with van der Waals surface area (Å²) < 4.78 is 0. The van der Waals surface area contributed by atoms with Crippen LogP contribution in [0.3, 0.4) is 0 Å². The lowest BCUT2D eigenvalue weighted by molar-refractivity contribution is -0.119. The third kappa shape index (κ3) is 6.14. The van der Waals surface area contributed by atoms with Crippen molar-refractivity contribution in [1.82, 2.24) is 5.32 Å². The van der Waals surface area contributed by atoms with Gasteiger partial charge in [0.15, 0.2) is 0 Å². The van der Waals surface area contributed by atoms with Crippen molar-refractivity contribution in [3.8, 4) is 0 Å². The molecule has 0 heterocycles. The third-order valence-corrected chi connectivity index (χ3v) is 3.16. The summed E-state index contributed by atoms with van der Waals surface area (Å²) in [6.07, 6.45) is 4.78. The minimum Gasteiger partial charge on any atom is -0.354 e. The molecule has 0 radical (unpaired) electrons. The summed E-state index contributed by atoms with van der Waals surface area (Å²) in [6, 6.07) is 0.407. The maximum atomic E-state index is 11.0. The summed E-state index contributed by atoms with van der Waals surface area (Å²) >= 11 is 0. The second-order valence-corrected chi connectivity index (χ2v) is 5.65. The Balaban J connectivity index is 0.00000106. The SMILES string of the molecule is CC.CC(=O)NC1CCC(C)(C)CC(C)C1. The molecule has 0 bridgehead atoms. The first-order valence-corrected chi connectivity index (χ1v) is 6.66. The summed E-state index contributed by atoms with van der Waals surface area (Å²) in [5, 5.41) is 3.05. The molecule has 1 aliphatic carbocycles. The highest BCUT2D eigenvalue weighted by Crippen LogP contribution is 2.36. The van der Waals surface area contributed by atoms with Crippen LogP contribution in [0.1, 0.15) is 67.2 Å². The highest BCUT2D eigenvalue weighted by atomic mass is 16.1. The van der Waals surface area contributed by atoms with E-state index in [1.165, 1.54) is 12.8 Å². The average molecular weight is 227 g/mol. The number of hydrogen-bond donors (Lipinski definition) is 1. The molecule has 0 saturated heterocycles. The Kier molecular flexibility index (Phi) is 6.70. The zero-order valence-corrected chi connectivity index (χ0v) is 11.9. The van der Waals surface area contributed by atoms with E-state index in [-0.39, 0.29) is 5.91 Å². The molecule has 0 aromatic rings. The van der Waals surface area contributed by atoms with Crippen LogP contribution in [0.2, 0.25) is 0 Å². The van der Waals surface area contributed by atoms with Crippen LogP contribution in [0.15, 0.2) is 0 Å². The van der Waals surface area contributed by atoms with Crippen molar-refractivity contribution in [2.24, 2.45) is 11.3 Å². The first kappa shape index (κ1) is 15.5. The Labute approximate surface area is 101 Å². The molecule has 1 rings (SSSR count). The van der Waals surface area contributed by atoms with E-state index >= 15 is 0 Å². The van der Waals surface area contributed by atoms with Crippen molar-refractivity contribution in [2.45, 2.75) is 73.3 Å². The molecule has 1 saturated carbocycles. The zero-order chi connectivity index (χ0) is 12.8. The van der Waals surface area contributed by atoms with Gasteiger partial charge in [0.1, 0.15) is 0 Å². The molecule has 1 amide bonds. The van der Waals surface area contributed by atoms with Crippen LogP contribution in [-0.4, -0.2) is 11.9 Å². The molecule has 2 heteroatoms. The van der Waals surface area contributed by atoms with Crippen LogP contribution in [0.4, 0.5) is 0 Å². The van der Waals surface area contributed by atoms with Gasteiger partial charge in [0.25, 0.3) is 0 Å². The molecule has 1 fully saturated rings. The van der Waals surface area contributed by atoms with E-state index in [4.69, 9.17) is 0 Å². The smallest absolute Gasteiger partial charge is 0.217 e. The topological polar surface area (TPSA) is 29.1 Å². The van der Waals surface area contributed by atoms with Gasteiger partial charge < -0.3 is 5.32 Å². The lowest BCUT2D eigenvalue weighted by atomic mass is 9.82. The third-order valence-electron chi connectivity index (χ3n) is 3.16. The predicted molar refractivity (Wildman–Crippen MR) is 70.4 cm³/mol. The van der Waals surface area contributed by atoms with E-state index < -0.39 is 0 Å². The zero-order valence-electron chi connectivity index (χ0n) is 11.9. The van der Waals surface area contributed by atoms with Crippen LogP contribution < -0.4 is 5.32 Å². The number of hydrogen-bond acceptors (Lipinski definition) is 1. The van der Waals surface area contributed by atoms with E-state index in [1.807, 2.05) is 13.8 Å². The number of nitrogens with one attached hydrogen (secondary N) is 1. The molecular formula is C14H29NO. The molecule has 1 N–H and O–H groups in total. The molecule has 2 unspecified atom stereocenters. The van der Waals surface area contributed by atoms with E-state index in [0.717, 1.165) is 18.8 Å². The molecule has 96 valence electrons. The van der Waals surface area contributed by atoms with Crippen molar-refractivity contribution < 1.29 is 4.79 Å². The fourth-order valence-corrected chi connectivity index (χ4v) is 2.72. The second-order valence-electron chi connectivity index (χ2n) is 5.65. The monoisotopic (exact) mass is 227 g/mol. The Morgan fingerprint density at radius 1 is 1.31 bits per heavy atom. The summed E-state index contributed by atoms with van der Waals surface area (Å²) in [6.45, 7) is 12.6. The summed E-state index contributed by atoms with van der Waals surface area (Å²) in [4.78, 5) is 11.0. The highest BCUT2D eigenvalue weighted by Gasteiger charge is 2.28. The van der Waals surface area contributed by atoms with Crippen LogP contribution in [0.5, 0.6) is 0 Å². The van der Waals surface area contributed by atoms with Gasteiger partial charge in [-0.05, 0) is 37.0 Å². The van der Waals surface area contributed by atoms with E-state index in [0.29, 0.717) is 11.5 Å². The molecule has 1 aliphatic rings. The summed E-state index contributed by atoms with van der Waals surface area (Å²) in [5.74, 6) is 0.839. The van der Waals surface area contributed by atoms with Crippen LogP contribution in [0, 0.1) is 11.3 Å². The minimum absolute atomic E-state index is 0.113. The number of rotatable bonds is 1. The largest absolute Gasteiger partial charge is 0.354 e. The Bertz CT molecular complexity index is 211. The predicted octanol–water partition coefficient (Wildman–Crippen LogP) is 3.75. The fraction of sp³-hybridized carbons (Fsp3) is 0.929. The van der Waals surface area contributed by atoms with Crippen molar-refractivity contribution >= 4 is 5.91 Å². The van der Waals surface area contributed by atoms with Gasteiger partial charge in [-0.1, -0.05) is 34.6 Å². The van der Waals surface area contributed by atoms with Gasteiger partial charge in [-0.15, -0.1) is 0 Å². The van der Waals surface area contributed by atoms with Crippen LogP contribution in [0.25, 0.3) is 0 Å². The molecule has 2 nitrogen and oxygen atoms in total. The Hall–Kier alpha value is -0.530. The van der Waals surface area contributed by atoms with E-state index in [9.17, 15) is 4.79 Å². The first-order chi connectivity index (χ1) is 7.39. The van der Waals surface area contributed by atoms with Gasteiger partial charge in [-0.2, -0.15) is 0 Å². The lowest BCUT2D eigenvalue weighted by Gasteiger charge is -2.24. The van der Waals surface area contributed by atoms with Crippen molar-refractivity contribution in [1.29, 1.82) is 0 Å².